The highest BCUT2D eigenvalue weighted by atomic mass is 35.5. The highest BCUT2D eigenvalue weighted by molar-refractivity contribution is 6.33. The van der Waals surface area contributed by atoms with Crippen LogP contribution in [0.2, 0.25) is 5.02 Å². The molecule has 0 aromatic heterocycles. The van der Waals surface area contributed by atoms with Crippen molar-refractivity contribution in [3.63, 3.8) is 0 Å². The maximum atomic E-state index is 12.8. The Morgan fingerprint density at radius 2 is 1.76 bits per heavy atom. The van der Waals surface area contributed by atoms with Crippen molar-refractivity contribution in [2.45, 2.75) is 6.42 Å². The first-order chi connectivity index (χ1) is 15.9. The molecular formula is C23H16ClN3O6. The van der Waals surface area contributed by atoms with Crippen molar-refractivity contribution >= 4 is 41.3 Å². The van der Waals surface area contributed by atoms with Crippen LogP contribution in [0.15, 0.2) is 59.7 Å². The Labute approximate surface area is 192 Å². The molecule has 2 amide bonds. The highest BCUT2D eigenvalue weighted by Crippen LogP contribution is 2.52. The predicted molar refractivity (Wildman–Crippen MR) is 117 cm³/mol. The molecule has 2 aromatic carbocycles. The second kappa shape index (κ2) is 7.93. The van der Waals surface area contributed by atoms with Crippen LogP contribution in [0.5, 0.6) is 5.75 Å². The Hall–Kier alpha value is -3.85. The molecule has 1 saturated heterocycles. The molecule has 166 valence electrons. The normalized spacial score (nSPS) is 25.2. The third kappa shape index (κ3) is 3.41. The van der Waals surface area contributed by atoms with Crippen molar-refractivity contribution in [3.05, 3.63) is 80.9 Å². The van der Waals surface area contributed by atoms with E-state index >= 15 is 0 Å². The summed E-state index contributed by atoms with van der Waals surface area (Å²) in [7, 11) is 0. The van der Waals surface area contributed by atoms with Crippen molar-refractivity contribution < 1.29 is 24.0 Å². The van der Waals surface area contributed by atoms with E-state index in [1.165, 1.54) is 30.3 Å². The molecular weight excluding hydrogens is 450 g/mol. The summed E-state index contributed by atoms with van der Waals surface area (Å²) in [4.78, 5) is 49.1. The van der Waals surface area contributed by atoms with Crippen LogP contribution in [0.4, 0.5) is 5.69 Å². The van der Waals surface area contributed by atoms with Crippen LogP contribution in [-0.2, 0) is 9.59 Å². The number of nitro groups is 1. The Kier molecular flexibility index (Phi) is 5.05. The Morgan fingerprint density at radius 3 is 2.39 bits per heavy atom. The summed E-state index contributed by atoms with van der Waals surface area (Å²) in [6.45, 7) is 0. The molecule has 1 saturated carbocycles. The van der Waals surface area contributed by atoms with Gasteiger partial charge in [0.2, 0.25) is 5.75 Å². The van der Waals surface area contributed by atoms with Gasteiger partial charge in [0.05, 0.1) is 33.6 Å². The van der Waals surface area contributed by atoms with Gasteiger partial charge in [0.15, 0.2) is 0 Å². The zero-order valence-electron chi connectivity index (χ0n) is 17.0. The largest absolute Gasteiger partial charge is 0.415 e. The number of hydrogen-bond acceptors (Lipinski definition) is 7. The van der Waals surface area contributed by atoms with Gasteiger partial charge in [-0.25, -0.2) is 4.79 Å². The summed E-state index contributed by atoms with van der Waals surface area (Å²) in [5.74, 6) is -2.83. The number of carbonyl (C=O) groups excluding carboxylic acids is 3. The Bertz CT molecular complexity index is 1240. The number of para-hydroxylation sites is 1. The van der Waals surface area contributed by atoms with Gasteiger partial charge in [-0.1, -0.05) is 42.0 Å². The summed E-state index contributed by atoms with van der Waals surface area (Å²) in [5, 5.41) is 16.5. The topological polar surface area (TPSA) is 119 Å². The molecule has 2 fully saturated rings. The van der Waals surface area contributed by atoms with E-state index in [1.807, 2.05) is 12.2 Å². The van der Waals surface area contributed by atoms with E-state index in [0.29, 0.717) is 0 Å². The lowest BCUT2D eigenvalue weighted by molar-refractivity contribution is -0.385. The fourth-order valence-electron chi connectivity index (χ4n) is 4.79. The minimum Gasteiger partial charge on any atom is -0.415 e. The first kappa shape index (κ1) is 21.0. The molecule has 2 aromatic rings. The first-order valence-corrected chi connectivity index (χ1v) is 10.6. The number of esters is 1. The minimum atomic E-state index is -0.893. The number of imide groups is 1. The smallest absolute Gasteiger partial charge is 0.345 e. The van der Waals surface area contributed by atoms with E-state index in [1.54, 1.807) is 12.1 Å². The fourth-order valence-corrected chi connectivity index (χ4v) is 5.01. The maximum Gasteiger partial charge on any atom is 0.345 e. The van der Waals surface area contributed by atoms with Gasteiger partial charge in [-0.3, -0.25) is 19.7 Å². The molecule has 4 atom stereocenters. The zero-order valence-corrected chi connectivity index (χ0v) is 17.7. The van der Waals surface area contributed by atoms with Crippen molar-refractivity contribution in [3.8, 4) is 5.75 Å². The van der Waals surface area contributed by atoms with Gasteiger partial charge in [-0.2, -0.15) is 10.1 Å². The summed E-state index contributed by atoms with van der Waals surface area (Å²) >= 11 is 6.03. The van der Waals surface area contributed by atoms with Gasteiger partial charge >= 0.3 is 11.7 Å². The van der Waals surface area contributed by atoms with Gasteiger partial charge in [0, 0.05) is 11.6 Å². The number of ether oxygens (including phenoxy) is 1. The number of fused-ring (bicyclic) bond motifs is 5. The fraction of sp³-hybridized carbons (Fsp3) is 0.217. The zero-order chi connectivity index (χ0) is 23.3. The number of halogens is 1. The van der Waals surface area contributed by atoms with Crippen molar-refractivity contribution in [1.29, 1.82) is 0 Å². The van der Waals surface area contributed by atoms with Crippen molar-refractivity contribution in [1.82, 2.24) is 5.01 Å². The Balaban J connectivity index is 1.46. The SMILES string of the molecule is O=C(Oc1c(C=NN2C(=O)[C@@H]3[C@H](C2=O)[C@H]2C=C[C@H]3C2)cccc1[N+](=O)[O-])c1ccccc1Cl. The number of allylic oxidation sites excluding steroid dienone is 2. The first-order valence-electron chi connectivity index (χ1n) is 10.2. The number of nitrogens with zero attached hydrogens (tertiary/aromatic N) is 3. The van der Waals surface area contributed by atoms with Crippen LogP contribution >= 0.6 is 11.6 Å². The molecule has 10 heteroatoms. The van der Waals surface area contributed by atoms with E-state index in [4.69, 9.17) is 16.3 Å². The van der Waals surface area contributed by atoms with Crippen molar-refractivity contribution in [2.24, 2.45) is 28.8 Å². The van der Waals surface area contributed by atoms with Crippen LogP contribution in [0.3, 0.4) is 0 Å². The molecule has 0 N–H and O–H groups in total. The van der Waals surface area contributed by atoms with Gasteiger partial charge in [-0.15, -0.1) is 0 Å². The summed E-state index contributed by atoms with van der Waals surface area (Å²) in [6, 6.07) is 10.1. The summed E-state index contributed by atoms with van der Waals surface area (Å²) in [6.07, 6.45) is 5.85. The second-order valence-electron chi connectivity index (χ2n) is 8.05. The van der Waals surface area contributed by atoms with Gasteiger partial charge in [0.25, 0.3) is 11.8 Å². The molecule has 3 aliphatic rings. The lowest BCUT2D eigenvalue weighted by Gasteiger charge is -2.13. The van der Waals surface area contributed by atoms with Crippen LogP contribution in [-0.4, -0.2) is 33.9 Å². The van der Waals surface area contributed by atoms with E-state index < -0.39 is 40.2 Å². The predicted octanol–water partition coefficient (Wildman–Crippen LogP) is 3.61. The molecule has 0 spiro atoms. The number of hydrazone groups is 1. The molecule has 0 radical (unpaired) electrons. The molecule has 33 heavy (non-hydrogen) atoms. The Morgan fingerprint density at radius 1 is 1.09 bits per heavy atom. The lowest BCUT2D eigenvalue weighted by atomic mass is 9.85. The third-order valence-corrected chi connectivity index (χ3v) is 6.60. The molecule has 1 heterocycles. The number of benzene rings is 2. The van der Waals surface area contributed by atoms with E-state index in [0.717, 1.165) is 17.6 Å². The average molecular weight is 466 g/mol. The van der Waals surface area contributed by atoms with E-state index in [9.17, 15) is 24.5 Å². The monoisotopic (exact) mass is 465 g/mol. The van der Waals surface area contributed by atoms with Crippen LogP contribution < -0.4 is 4.74 Å². The number of nitro benzene ring substituents is 1. The summed E-state index contributed by atoms with van der Waals surface area (Å²) < 4.78 is 5.34. The third-order valence-electron chi connectivity index (χ3n) is 6.27. The van der Waals surface area contributed by atoms with Crippen molar-refractivity contribution in [2.75, 3.05) is 0 Å². The second-order valence-corrected chi connectivity index (χ2v) is 8.46. The van der Waals surface area contributed by atoms with E-state index in [2.05, 4.69) is 5.10 Å². The van der Waals surface area contributed by atoms with Crippen LogP contribution in [0.1, 0.15) is 22.3 Å². The summed E-state index contributed by atoms with van der Waals surface area (Å²) in [5.41, 5.74) is -0.387. The molecule has 2 aliphatic carbocycles. The number of rotatable bonds is 5. The molecule has 2 bridgehead atoms. The number of amides is 2. The average Bonchev–Trinajstić information content (AvgIpc) is 3.47. The van der Waals surface area contributed by atoms with Gasteiger partial charge < -0.3 is 4.74 Å². The number of hydrogen-bond donors (Lipinski definition) is 0. The quantitative estimate of drug-likeness (QED) is 0.126. The van der Waals surface area contributed by atoms with E-state index in [-0.39, 0.29) is 33.7 Å². The van der Waals surface area contributed by atoms with Gasteiger partial charge in [0.1, 0.15) is 0 Å². The number of carbonyl (C=O) groups is 3. The van der Waals surface area contributed by atoms with Crippen LogP contribution in [0, 0.1) is 33.8 Å². The highest BCUT2D eigenvalue weighted by Gasteiger charge is 2.59. The maximum absolute atomic E-state index is 12.8. The van der Waals surface area contributed by atoms with Gasteiger partial charge in [-0.05, 0) is 36.5 Å². The molecule has 0 unspecified atom stereocenters. The molecule has 1 aliphatic heterocycles. The minimum absolute atomic E-state index is 0.0286. The van der Waals surface area contributed by atoms with Crippen LogP contribution in [0.25, 0.3) is 0 Å². The standard InChI is InChI=1S/C23H16ClN3O6/c24-16-6-2-1-5-15(16)23(30)33-20-14(4-3-7-17(20)27(31)32)11-25-26-21(28)18-12-8-9-13(10-12)19(18)22(26)29/h1-9,11-13,18-19H,10H2/t12-,13-,18-,19+/m0/s1. The molecule has 9 nitrogen and oxygen atoms in total. The molecule has 5 rings (SSSR count). The lowest BCUT2D eigenvalue weighted by Crippen LogP contribution is -2.28.